The number of aryl methyl sites for hydroxylation is 1. The quantitative estimate of drug-likeness (QED) is 0.673. The molecule has 2 aromatic rings. The van der Waals surface area contributed by atoms with Crippen LogP contribution in [-0.4, -0.2) is 23.8 Å². The van der Waals surface area contributed by atoms with Crippen molar-refractivity contribution in [2.24, 2.45) is 5.10 Å². The van der Waals surface area contributed by atoms with Crippen molar-refractivity contribution < 1.29 is 14.6 Å². The van der Waals surface area contributed by atoms with E-state index in [1.54, 1.807) is 37.3 Å². The second kappa shape index (κ2) is 6.76. The van der Waals surface area contributed by atoms with Crippen LogP contribution in [0.25, 0.3) is 0 Å². The van der Waals surface area contributed by atoms with Gasteiger partial charge in [-0.3, -0.25) is 4.79 Å². The summed E-state index contributed by atoms with van der Waals surface area (Å²) in [5.74, 6) is 0.0504. The van der Waals surface area contributed by atoms with Gasteiger partial charge >= 0.3 is 0 Å². The number of hydrogen-bond acceptors (Lipinski definition) is 4. The molecule has 114 valence electrons. The Labute approximate surface area is 129 Å². The maximum Gasteiger partial charge on any atom is 0.271 e. The number of amides is 1. The summed E-state index contributed by atoms with van der Waals surface area (Å²) in [6.07, 6.45) is 0. The highest BCUT2D eigenvalue weighted by Crippen LogP contribution is 2.29. The number of aromatic hydroxyl groups is 1. The zero-order valence-corrected chi connectivity index (χ0v) is 12.8. The molecule has 0 aliphatic heterocycles. The first-order valence-electron chi connectivity index (χ1n) is 6.80. The Balaban J connectivity index is 2.16. The lowest BCUT2D eigenvalue weighted by molar-refractivity contribution is 0.0955. The van der Waals surface area contributed by atoms with Crippen LogP contribution in [0, 0.1) is 6.92 Å². The molecule has 0 saturated carbocycles. The number of methoxy groups -OCH3 is 1. The molecule has 0 bridgehead atoms. The highest BCUT2D eigenvalue weighted by atomic mass is 16.5. The van der Waals surface area contributed by atoms with Gasteiger partial charge in [-0.15, -0.1) is 0 Å². The van der Waals surface area contributed by atoms with Gasteiger partial charge in [0.1, 0.15) is 0 Å². The molecule has 0 spiro atoms. The topological polar surface area (TPSA) is 70.9 Å². The molecular formula is C17H18N2O3. The van der Waals surface area contributed by atoms with Crippen LogP contribution in [-0.2, 0) is 0 Å². The number of benzene rings is 2. The van der Waals surface area contributed by atoms with Crippen molar-refractivity contribution in [2.45, 2.75) is 13.8 Å². The van der Waals surface area contributed by atoms with Crippen molar-refractivity contribution in [2.75, 3.05) is 7.11 Å². The van der Waals surface area contributed by atoms with E-state index in [0.717, 1.165) is 5.56 Å². The van der Waals surface area contributed by atoms with E-state index >= 15 is 0 Å². The molecule has 5 nitrogen and oxygen atoms in total. The third-order valence-corrected chi connectivity index (χ3v) is 3.25. The molecule has 0 aliphatic carbocycles. The zero-order chi connectivity index (χ0) is 16.1. The summed E-state index contributed by atoms with van der Waals surface area (Å²) in [5.41, 5.74) is 5.07. The first-order chi connectivity index (χ1) is 10.5. The molecule has 0 atom stereocenters. The molecule has 0 unspecified atom stereocenters. The van der Waals surface area contributed by atoms with Crippen molar-refractivity contribution in [1.82, 2.24) is 5.43 Å². The third-order valence-electron chi connectivity index (χ3n) is 3.25. The summed E-state index contributed by atoms with van der Waals surface area (Å²) in [5, 5.41) is 14.1. The lowest BCUT2D eigenvalue weighted by atomic mass is 10.1. The highest BCUT2D eigenvalue weighted by molar-refractivity contribution is 6.03. The molecule has 2 aromatic carbocycles. The summed E-state index contributed by atoms with van der Waals surface area (Å²) >= 11 is 0. The van der Waals surface area contributed by atoms with Gasteiger partial charge in [0.05, 0.1) is 12.8 Å². The van der Waals surface area contributed by atoms with Gasteiger partial charge < -0.3 is 9.84 Å². The molecule has 0 aromatic heterocycles. The Hall–Kier alpha value is -2.82. The fourth-order valence-corrected chi connectivity index (χ4v) is 1.94. The van der Waals surface area contributed by atoms with Crippen molar-refractivity contribution in [3.05, 3.63) is 59.2 Å². The van der Waals surface area contributed by atoms with Crippen molar-refractivity contribution in [3.63, 3.8) is 0 Å². The molecule has 0 aliphatic rings. The molecule has 0 saturated heterocycles. The van der Waals surface area contributed by atoms with Gasteiger partial charge in [-0.05, 0) is 38.1 Å². The number of nitrogens with zero attached hydrogens (tertiary/aromatic N) is 1. The van der Waals surface area contributed by atoms with Crippen LogP contribution in [0.3, 0.4) is 0 Å². The van der Waals surface area contributed by atoms with Crippen LogP contribution in [0.5, 0.6) is 11.5 Å². The van der Waals surface area contributed by atoms with Crippen molar-refractivity contribution >= 4 is 11.6 Å². The van der Waals surface area contributed by atoms with Crippen LogP contribution >= 0.6 is 0 Å². The zero-order valence-electron chi connectivity index (χ0n) is 12.8. The Morgan fingerprint density at radius 3 is 2.50 bits per heavy atom. The standard InChI is InChI=1S/C17H18N2O3/c1-11-7-9-13(10-8-11)17(21)19-18-12(2)14-5-4-6-15(22-3)16(14)20/h4-10,20H,1-3H3,(H,19,21)/b18-12+. The normalized spacial score (nSPS) is 11.1. The van der Waals surface area contributed by atoms with Crippen molar-refractivity contribution in [3.8, 4) is 11.5 Å². The van der Waals surface area contributed by atoms with Gasteiger partial charge in [0.25, 0.3) is 5.91 Å². The van der Waals surface area contributed by atoms with E-state index in [1.807, 2.05) is 19.1 Å². The highest BCUT2D eigenvalue weighted by Gasteiger charge is 2.10. The number of nitrogens with one attached hydrogen (secondary N) is 1. The average Bonchev–Trinajstić information content (AvgIpc) is 2.53. The van der Waals surface area contributed by atoms with Crippen LogP contribution in [0.2, 0.25) is 0 Å². The average molecular weight is 298 g/mol. The molecule has 5 heteroatoms. The largest absolute Gasteiger partial charge is 0.504 e. The Morgan fingerprint density at radius 2 is 1.86 bits per heavy atom. The van der Waals surface area contributed by atoms with E-state index in [0.29, 0.717) is 22.6 Å². The molecule has 2 rings (SSSR count). The van der Waals surface area contributed by atoms with Gasteiger partial charge in [0.2, 0.25) is 0 Å². The lowest BCUT2D eigenvalue weighted by Crippen LogP contribution is -2.19. The molecule has 0 heterocycles. The second-order valence-corrected chi connectivity index (χ2v) is 4.86. The van der Waals surface area contributed by atoms with Gasteiger partial charge in [0.15, 0.2) is 11.5 Å². The minimum Gasteiger partial charge on any atom is -0.504 e. The first-order valence-corrected chi connectivity index (χ1v) is 6.80. The smallest absolute Gasteiger partial charge is 0.271 e. The summed E-state index contributed by atoms with van der Waals surface area (Å²) in [6, 6.07) is 12.3. The number of para-hydroxylation sites is 1. The minimum absolute atomic E-state index is 0.00386. The van der Waals surface area contributed by atoms with Gasteiger partial charge in [-0.25, -0.2) is 5.43 Å². The number of hydrazone groups is 1. The van der Waals surface area contributed by atoms with Crippen molar-refractivity contribution in [1.29, 1.82) is 0 Å². The minimum atomic E-state index is -0.304. The SMILES string of the molecule is COc1cccc(/C(C)=N/NC(=O)c2ccc(C)cc2)c1O. The van der Waals surface area contributed by atoms with E-state index in [-0.39, 0.29) is 11.7 Å². The summed E-state index contributed by atoms with van der Waals surface area (Å²) in [6.45, 7) is 3.65. The third kappa shape index (κ3) is 3.44. The fraction of sp³-hybridized carbons (Fsp3) is 0.176. The number of ether oxygens (including phenoxy) is 1. The number of phenolic OH excluding ortho intramolecular Hbond substituents is 1. The number of rotatable bonds is 4. The van der Waals surface area contributed by atoms with Crippen LogP contribution in [0.1, 0.15) is 28.4 Å². The van der Waals surface area contributed by atoms with E-state index in [4.69, 9.17) is 4.74 Å². The Bertz CT molecular complexity index is 706. The molecular weight excluding hydrogens is 280 g/mol. The van der Waals surface area contributed by atoms with Gasteiger partial charge in [0, 0.05) is 11.1 Å². The summed E-state index contributed by atoms with van der Waals surface area (Å²) in [7, 11) is 1.48. The van der Waals surface area contributed by atoms with Crippen LogP contribution in [0.15, 0.2) is 47.6 Å². The lowest BCUT2D eigenvalue weighted by Gasteiger charge is -2.08. The van der Waals surface area contributed by atoms with Crippen LogP contribution < -0.4 is 10.2 Å². The molecule has 22 heavy (non-hydrogen) atoms. The van der Waals surface area contributed by atoms with E-state index in [2.05, 4.69) is 10.5 Å². The van der Waals surface area contributed by atoms with Crippen LogP contribution in [0.4, 0.5) is 0 Å². The summed E-state index contributed by atoms with van der Waals surface area (Å²) in [4.78, 5) is 12.0. The molecule has 0 radical (unpaired) electrons. The number of hydrogen-bond donors (Lipinski definition) is 2. The van der Waals surface area contributed by atoms with E-state index in [1.165, 1.54) is 7.11 Å². The second-order valence-electron chi connectivity index (χ2n) is 4.86. The predicted molar refractivity (Wildman–Crippen MR) is 85.5 cm³/mol. The number of carbonyl (C=O) groups is 1. The van der Waals surface area contributed by atoms with Gasteiger partial charge in [-0.1, -0.05) is 23.8 Å². The first kappa shape index (κ1) is 15.6. The monoisotopic (exact) mass is 298 g/mol. The molecule has 2 N–H and O–H groups in total. The maximum absolute atomic E-state index is 12.0. The maximum atomic E-state index is 12.0. The van der Waals surface area contributed by atoms with Gasteiger partial charge in [-0.2, -0.15) is 5.10 Å². The Kier molecular flexibility index (Phi) is 4.78. The van der Waals surface area contributed by atoms with E-state index < -0.39 is 0 Å². The predicted octanol–water partition coefficient (Wildman–Crippen LogP) is 2.86. The molecule has 1 amide bonds. The Morgan fingerprint density at radius 1 is 1.18 bits per heavy atom. The number of carbonyl (C=O) groups excluding carboxylic acids is 1. The fourth-order valence-electron chi connectivity index (χ4n) is 1.94. The summed E-state index contributed by atoms with van der Waals surface area (Å²) < 4.78 is 5.05. The van der Waals surface area contributed by atoms with E-state index in [9.17, 15) is 9.90 Å². The number of phenols is 1. The molecule has 0 fully saturated rings.